The topological polar surface area (TPSA) is 9.23 Å². The van der Waals surface area contributed by atoms with Crippen LogP contribution in [0.3, 0.4) is 0 Å². The first-order chi connectivity index (χ1) is 10.4. The summed E-state index contributed by atoms with van der Waals surface area (Å²) in [5.74, 6) is 1.55. The molecule has 0 fully saturated rings. The predicted molar refractivity (Wildman–Crippen MR) is 96.7 cm³/mol. The van der Waals surface area contributed by atoms with E-state index in [4.69, 9.17) is 4.74 Å². The van der Waals surface area contributed by atoms with Crippen molar-refractivity contribution in [2.45, 2.75) is 66.2 Å². The third-order valence-corrected chi connectivity index (χ3v) is 4.63. The summed E-state index contributed by atoms with van der Waals surface area (Å²) in [5.41, 5.74) is 8.75. The average molecular weight is 298 g/mol. The van der Waals surface area contributed by atoms with Gasteiger partial charge in [0, 0.05) is 0 Å². The molecule has 22 heavy (non-hydrogen) atoms. The summed E-state index contributed by atoms with van der Waals surface area (Å²) in [6.07, 6.45) is 6.96. The van der Waals surface area contributed by atoms with Gasteiger partial charge in [-0.1, -0.05) is 37.1 Å². The number of rotatable bonds is 5. The van der Waals surface area contributed by atoms with E-state index < -0.39 is 0 Å². The molecule has 0 bridgehead atoms. The molecule has 0 radical (unpaired) electrons. The molecule has 120 valence electrons. The van der Waals surface area contributed by atoms with Crippen molar-refractivity contribution in [3.8, 4) is 5.75 Å². The van der Waals surface area contributed by atoms with Gasteiger partial charge in [0.05, 0.1) is 7.11 Å². The predicted octanol–water partition coefficient (Wildman–Crippen LogP) is 6.28. The Bertz CT molecular complexity index is 599. The summed E-state index contributed by atoms with van der Waals surface area (Å²) in [5, 5.41) is 0. The van der Waals surface area contributed by atoms with Crippen LogP contribution in [0.25, 0.3) is 5.57 Å². The van der Waals surface area contributed by atoms with Crippen molar-refractivity contribution in [2.75, 3.05) is 7.11 Å². The number of fused-ring (bicyclic) bond motifs is 1. The van der Waals surface area contributed by atoms with Crippen molar-refractivity contribution < 1.29 is 4.74 Å². The van der Waals surface area contributed by atoms with Crippen LogP contribution >= 0.6 is 0 Å². The van der Waals surface area contributed by atoms with Gasteiger partial charge in [-0.3, -0.25) is 0 Å². The number of ether oxygens (including phenoxy) is 1. The fourth-order valence-electron chi connectivity index (χ4n) is 3.32. The van der Waals surface area contributed by atoms with Crippen molar-refractivity contribution in [3.05, 3.63) is 46.0 Å². The third kappa shape index (κ3) is 3.63. The smallest absolute Gasteiger partial charge is 0.122 e. The maximum absolute atomic E-state index is 5.66. The number of benzene rings is 1. The molecule has 0 spiro atoms. The Hall–Kier alpha value is -1.50. The van der Waals surface area contributed by atoms with Gasteiger partial charge in [0.15, 0.2) is 0 Å². The van der Waals surface area contributed by atoms with Gasteiger partial charge < -0.3 is 4.74 Å². The van der Waals surface area contributed by atoms with Crippen LogP contribution in [0, 0.1) is 0 Å². The SMILES string of the molecule is COc1cc2c(cc1C(C)C)CCC(C)=C2CCC=C(C)C. The third-order valence-electron chi connectivity index (χ3n) is 4.63. The van der Waals surface area contributed by atoms with Gasteiger partial charge in [0.2, 0.25) is 0 Å². The minimum absolute atomic E-state index is 0.501. The fraction of sp³-hybridized carbons (Fsp3) is 0.524. The first-order valence-electron chi connectivity index (χ1n) is 8.47. The summed E-state index contributed by atoms with van der Waals surface area (Å²) in [6.45, 7) is 11.1. The van der Waals surface area contributed by atoms with Gasteiger partial charge >= 0.3 is 0 Å². The number of methoxy groups -OCH3 is 1. The molecule has 1 aliphatic rings. The van der Waals surface area contributed by atoms with Crippen LogP contribution < -0.4 is 4.74 Å². The molecule has 2 rings (SSSR count). The molecular weight excluding hydrogens is 268 g/mol. The molecule has 1 aromatic rings. The van der Waals surface area contributed by atoms with Crippen molar-refractivity contribution in [3.63, 3.8) is 0 Å². The molecule has 0 atom stereocenters. The number of aryl methyl sites for hydroxylation is 1. The maximum atomic E-state index is 5.66. The van der Waals surface area contributed by atoms with Crippen LogP contribution in [-0.4, -0.2) is 7.11 Å². The minimum Gasteiger partial charge on any atom is -0.496 e. The normalized spacial score (nSPS) is 14.1. The Morgan fingerprint density at radius 2 is 1.95 bits per heavy atom. The molecule has 0 amide bonds. The molecule has 0 saturated heterocycles. The zero-order valence-electron chi connectivity index (χ0n) is 15.0. The van der Waals surface area contributed by atoms with Gasteiger partial charge in [-0.05, 0) is 80.7 Å². The summed E-state index contributed by atoms with van der Waals surface area (Å²) in [6, 6.07) is 4.66. The lowest BCUT2D eigenvalue weighted by atomic mass is 9.82. The quantitative estimate of drug-likeness (QED) is 0.581. The summed E-state index contributed by atoms with van der Waals surface area (Å²) < 4.78 is 5.66. The van der Waals surface area contributed by atoms with Gasteiger partial charge in [-0.25, -0.2) is 0 Å². The molecule has 1 aliphatic carbocycles. The van der Waals surface area contributed by atoms with Crippen molar-refractivity contribution in [2.24, 2.45) is 0 Å². The monoisotopic (exact) mass is 298 g/mol. The Morgan fingerprint density at radius 1 is 1.23 bits per heavy atom. The van der Waals surface area contributed by atoms with Crippen molar-refractivity contribution in [1.29, 1.82) is 0 Å². The molecule has 0 aromatic heterocycles. The highest BCUT2D eigenvalue weighted by Crippen LogP contribution is 2.39. The van der Waals surface area contributed by atoms with E-state index in [-0.39, 0.29) is 0 Å². The number of hydrogen-bond acceptors (Lipinski definition) is 1. The van der Waals surface area contributed by atoms with Crippen molar-refractivity contribution in [1.82, 2.24) is 0 Å². The summed E-state index contributed by atoms with van der Waals surface area (Å²) >= 11 is 0. The maximum Gasteiger partial charge on any atom is 0.122 e. The highest BCUT2D eigenvalue weighted by atomic mass is 16.5. The van der Waals surface area contributed by atoms with Gasteiger partial charge in [-0.2, -0.15) is 0 Å². The van der Waals surface area contributed by atoms with E-state index in [0.29, 0.717) is 5.92 Å². The van der Waals surface area contributed by atoms with Gasteiger partial charge in [0.25, 0.3) is 0 Å². The zero-order valence-corrected chi connectivity index (χ0v) is 15.0. The molecular formula is C21H30O. The van der Waals surface area contributed by atoms with Crippen LogP contribution in [0.1, 0.15) is 76.5 Å². The van der Waals surface area contributed by atoms with E-state index in [9.17, 15) is 0 Å². The van der Waals surface area contributed by atoms with Crippen LogP contribution in [-0.2, 0) is 6.42 Å². The van der Waals surface area contributed by atoms with E-state index in [1.807, 2.05) is 0 Å². The Balaban J connectivity index is 2.41. The van der Waals surface area contributed by atoms with Crippen LogP contribution in [0.2, 0.25) is 0 Å². The fourth-order valence-corrected chi connectivity index (χ4v) is 3.32. The molecule has 0 heterocycles. The lowest BCUT2D eigenvalue weighted by Crippen LogP contribution is -2.07. The van der Waals surface area contributed by atoms with Crippen LogP contribution in [0.5, 0.6) is 5.75 Å². The van der Waals surface area contributed by atoms with E-state index in [1.54, 1.807) is 12.7 Å². The zero-order chi connectivity index (χ0) is 16.3. The summed E-state index contributed by atoms with van der Waals surface area (Å²) in [4.78, 5) is 0. The van der Waals surface area contributed by atoms with E-state index in [0.717, 1.165) is 25.0 Å². The molecule has 1 aromatic carbocycles. The van der Waals surface area contributed by atoms with Crippen LogP contribution in [0.4, 0.5) is 0 Å². The lowest BCUT2D eigenvalue weighted by Gasteiger charge is -2.25. The highest BCUT2D eigenvalue weighted by Gasteiger charge is 2.20. The standard InChI is InChI=1S/C21H30O/c1-14(2)8-7-9-18-16(5)10-11-17-12-19(15(3)4)21(22-6)13-20(17)18/h8,12-13,15H,7,9-11H2,1-6H3. The molecule has 0 aliphatic heterocycles. The molecule has 1 heteroatoms. The molecule has 0 unspecified atom stereocenters. The van der Waals surface area contributed by atoms with Crippen molar-refractivity contribution >= 4 is 5.57 Å². The molecule has 1 nitrogen and oxygen atoms in total. The number of hydrogen-bond donors (Lipinski definition) is 0. The molecule has 0 N–H and O–H groups in total. The summed E-state index contributed by atoms with van der Waals surface area (Å²) in [7, 11) is 1.79. The van der Waals surface area contributed by atoms with Gasteiger partial charge in [-0.15, -0.1) is 0 Å². The average Bonchev–Trinajstić information content (AvgIpc) is 2.47. The minimum atomic E-state index is 0.501. The van der Waals surface area contributed by atoms with Crippen LogP contribution in [0.15, 0.2) is 29.4 Å². The largest absolute Gasteiger partial charge is 0.496 e. The van der Waals surface area contributed by atoms with E-state index in [1.165, 1.54) is 34.3 Å². The first-order valence-corrected chi connectivity index (χ1v) is 8.47. The van der Waals surface area contributed by atoms with E-state index in [2.05, 4.69) is 52.8 Å². The first kappa shape index (κ1) is 16.9. The second-order valence-corrected chi connectivity index (χ2v) is 6.99. The lowest BCUT2D eigenvalue weighted by molar-refractivity contribution is 0.407. The highest BCUT2D eigenvalue weighted by molar-refractivity contribution is 5.74. The van der Waals surface area contributed by atoms with E-state index >= 15 is 0 Å². The molecule has 0 saturated carbocycles. The number of allylic oxidation sites excluding steroid dienone is 4. The Morgan fingerprint density at radius 3 is 2.55 bits per heavy atom. The Labute approximate surface area is 136 Å². The Kier molecular flexibility index (Phi) is 5.50. The second-order valence-electron chi connectivity index (χ2n) is 6.99. The van der Waals surface area contributed by atoms with Gasteiger partial charge in [0.1, 0.15) is 5.75 Å². The second kappa shape index (κ2) is 7.17.